The molecule has 120 valence electrons. The Bertz CT molecular complexity index is 549. The van der Waals surface area contributed by atoms with Crippen molar-refractivity contribution in [2.24, 2.45) is 0 Å². The Hall–Kier alpha value is -1.25. The Morgan fingerprint density at radius 2 is 1.91 bits per heavy atom. The fourth-order valence-electron chi connectivity index (χ4n) is 1.87. The second-order valence-corrected chi connectivity index (χ2v) is 7.19. The lowest BCUT2D eigenvalue weighted by molar-refractivity contribution is -0.136. The van der Waals surface area contributed by atoms with E-state index in [1.807, 2.05) is 0 Å². The smallest absolute Gasteiger partial charge is 0.313 e. The fraction of sp³-hybridized carbons (Fsp3) is 0.429. The van der Waals surface area contributed by atoms with Gasteiger partial charge in [0.25, 0.3) is 0 Å². The van der Waals surface area contributed by atoms with E-state index in [1.165, 1.54) is 18.2 Å². The molecule has 8 heteroatoms. The number of halogens is 1. The molecule has 1 saturated heterocycles. The van der Waals surface area contributed by atoms with E-state index in [9.17, 15) is 19.1 Å². The summed E-state index contributed by atoms with van der Waals surface area (Å²) in [5.74, 6) is 0.722. The van der Waals surface area contributed by atoms with Crippen LogP contribution in [0.25, 0.3) is 0 Å². The minimum absolute atomic E-state index is 0.0163. The maximum absolute atomic E-state index is 13.0. The number of hydrogen-bond donors (Lipinski definition) is 3. The van der Waals surface area contributed by atoms with Gasteiger partial charge in [-0.3, -0.25) is 9.59 Å². The molecule has 0 unspecified atom stereocenters. The predicted molar refractivity (Wildman–Crippen MR) is 87.6 cm³/mol. The lowest BCUT2D eigenvalue weighted by Crippen LogP contribution is -2.49. The molecule has 1 aromatic rings. The number of carbonyl (C=O) groups excluding carboxylic acids is 2. The number of thioether (sulfide) groups is 2. The molecule has 1 heterocycles. The first-order valence-electron chi connectivity index (χ1n) is 6.71. The van der Waals surface area contributed by atoms with Gasteiger partial charge in [0.2, 0.25) is 0 Å². The van der Waals surface area contributed by atoms with Crippen molar-refractivity contribution in [3.8, 4) is 0 Å². The topological polar surface area (TPSA) is 78.4 Å². The zero-order valence-electron chi connectivity index (χ0n) is 11.8. The summed E-state index contributed by atoms with van der Waals surface area (Å²) < 4.78 is 13.0. The molecule has 2 rings (SSSR count). The van der Waals surface area contributed by atoms with Gasteiger partial charge in [0.15, 0.2) is 0 Å². The summed E-state index contributed by atoms with van der Waals surface area (Å²) in [6, 6.07) is 5.29. The molecule has 0 aromatic heterocycles. The molecule has 3 N–H and O–H groups in total. The van der Waals surface area contributed by atoms with Crippen LogP contribution in [0.15, 0.2) is 24.3 Å². The highest BCUT2D eigenvalue weighted by Crippen LogP contribution is 2.24. The van der Waals surface area contributed by atoms with E-state index in [-0.39, 0.29) is 12.2 Å². The first kappa shape index (κ1) is 17.1. The maximum Gasteiger partial charge on any atom is 0.313 e. The van der Waals surface area contributed by atoms with Gasteiger partial charge >= 0.3 is 11.8 Å². The normalized spacial score (nSPS) is 17.4. The standard InChI is InChI=1S/C14H17FN2O3S2/c15-10-2-1-3-11(6-10)17-13(19)12(18)16-7-14(20)8-21-4-5-22-9-14/h1-3,6,20H,4-5,7-9H2,(H,16,18)(H,17,19). The average Bonchev–Trinajstić information content (AvgIpc) is 2.70. The highest BCUT2D eigenvalue weighted by atomic mass is 32.2. The molecule has 0 aliphatic carbocycles. The summed E-state index contributed by atoms with van der Waals surface area (Å²) in [6.07, 6.45) is 0. The van der Waals surface area contributed by atoms with E-state index < -0.39 is 23.2 Å². The molecule has 0 spiro atoms. The van der Waals surface area contributed by atoms with E-state index >= 15 is 0 Å². The number of anilines is 1. The molecule has 0 saturated carbocycles. The third kappa shape index (κ3) is 5.19. The average molecular weight is 344 g/mol. The van der Waals surface area contributed by atoms with E-state index in [0.29, 0.717) is 11.5 Å². The molecule has 1 aliphatic heterocycles. The van der Waals surface area contributed by atoms with Crippen molar-refractivity contribution in [2.45, 2.75) is 5.60 Å². The van der Waals surface area contributed by atoms with Crippen LogP contribution in [-0.2, 0) is 9.59 Å². The predicted octanol–water partition coefficient (Wildman–Crippen LogP) is 1.09. The van der Waals surface area contributed by atoms with Crippen LogP contribution in [0.4, 0.5) is 10.1 Å². The Labute approximate surface area is 136 Å². The highest BCUT2D eigenvalue weighted by molar-refractivity contribution is 8.03. The quantitative estimate of drug-likeness (QED) is 0.716. The maximum atomic E-state index is 13.0. The van der Waals surface area contributed by atoms with Gasteiger partial charge in [-0.1, -0.05) is 6.07 Å². The lowest BCUT2D eigenvalue weighted by atomic mass is 10.1. The van der Waals surface area contributed by atoms with Gasteiger partial charge in [0.1, 0.15) is 5.82 Å². The fourth-order valence-corrected chi connectivity index (χ4v) is 4.39. The van der Waals surface area contributed by atoms with Crippen LogP contribution < -0.4 is 10.6 Å². The number of hydrogen-bond acceptors (Lipinski definition) is 5. The van der Waals surface area contributed by atoms with Crippen LogP contribution in [-0.4, -0.2) is 52.1 Å². The van der Waals surface area contributed by atoms with Gasteiger partial charge in [0, 0.05) is 35.2 Å². The summed E-state index contributed by atoms with van der Waals surface area (Å²) >= 11 is 3.25. The lowest BCUT2D eigenvalue weighted by Gasteiger charge is -2.25. The van der Waals surface area contributed by atoms with E-state index in [1.54, 1.807) is 23.5 Å². The zero-order chi connectivity index (χ0) is 16.0. The van der Waals surface area contributed by atoms with Crippen LogP contribution in [0.5, 0.6) is 0 Å². The zero-order valence-corrected chi connectivity index (χ0v) is 13.4. The van der Waals surface area contributed by atoms with E-state index in [2.05, 4.69) is 10.6 Å². The first-order chi connectivity index (χ1) is 10.5. The molecule has 1 aromatic carbocycles. The van der Waals surface area contributed by atoms with Crippen LogP contribution in [0.3, 0.4) is 0 Å². The van der Waals surface area contributed by atoms with Crippen molar-refractivity contribution in [1.29, 1.82) is 0 Å². The van der Waals surface area contributed by atoms with Gasteiger partial charge in [-0.25, -0.2) is 4.39 Å². The summed E-state index contributed by atoms with van der Waals surface area (Å²) in [6.45, 7) is 0.0163. The van der Waals surface area contributed by atoms with E-state index in [4.69, 9.17) is 0 Å². The Kier molecular flexibility index (Phi) is 6.10. The van der Waals surface area contributed by atoms with Crippen molar-refractivity contribution in [1.82, 2.24) is 5.32 Å². The third-order valence-corrected chi connectivity index (χ3v) is 5.71. The Balaban J connectivity index is 1.84. The number of aliphatic hydroxyl groups is 1. The summed E-state index contributed by atoms with van der Waals surface area (Å²) in [5, 5.41) is 15.1. The van der Waals surface area contributed by atoms with Crippen molar-refractivity contribution < 1.29 is 19.1 Å². The van der Waals surface area contributed by atoms with Crippen molar-refractivity contribution >= 4 is 41.0 Å². The number of amides is 2. The van der Waals surface area contributed by atoms with E-state index in [0.717, 1.165) is 17.6 Å². The molecule has 1 fully saturated rings. The third-order valence-electron chi connectivity index (χ3n) is 2.98. The Morgan fingerprint density at radius 1 is 1.23 bits per heavy atom. The van der Waals surface area contributed by atoms with Gasteiger partial charge in [0.05, 0.1) is 5.60 Å². The SMILES string of the molecule is O=C(NCC1(O)CSCCSC1)C(=O)Nc1cccc(F)c1. The number of carbonyl (C=O) groups is 2. The van der Waals surface area contributed by atoms with Crippen molar-refractivity contribution in [3.63, 3.8) is 0 Å². The summed E-state index contributed by atoms with van der Waals surface area (Å²) in [7, 11) is 0. The molecule has 2 amide bonds. The molecule has 0 radical (unpaired) electrons. The van der Waals surface area contributed by atoms with Crippen LogP contribution in [0.1, 0.15) is 0 Å². The van der Waals surface area contributed by atoms with Gasteiger partial charge in [-0.15, -0.1) is 0 Å². The number of benzene rings is 1. The summed E-state index contributed by atoms with van der Waals surface area (Å²) in [5.41, 5.74) is -0.805. The minimum atomic E-state index is -1.01. The molecular formula is C14H17FN2O3S2. The van der Waals surface area contributed by atoms with Gasteiger partial charge in [-0.2, -0.15) is 23.5 Å². The molecule has 1 aliphatic rings. The number of nitrogens with one attached hydrogen (secondary N) is 2. The van der Waals surface area contributed by atoms with Gasteiger partial charge < -0.3 is 15.7 Å². The summed E-state index contributed by atoms with van der Waals surface area (Å²) in [4.78, 5) is 23.5. The molecule has 5 nitrogen and oxygen atoms in total. The van der Waals surface area contributed by atoms with Gasteiger partial charge in [-0.05, 0) is 18.2 Å². The van der Waals surface area contributed by atoms with Crippen LogP contribution in [0.2, 0.25) is 0 Å². The minimum Gasteiger partial charge on any atom is -0.386 e. The second-order valence-electron chi connectivity index (χ2n) is 4.98. The van der Waals surface area contributed by atoms with Crippen LogP contribution in [0, 0.1) is 5.82 Å². The molecular weight excluding hydrogens is 327 g/mol. The van der Waals surface area contributed by atoms with Crippen molar-refractivity contribution in [2.75, 3.05) is 34.9 Å². The molecule has 22 heavy (non-hydrogen) atoms. The molecule has 0 atom stereocenters. The van der Waals surface area contributed by atoms with Crippen molar-refractivity contribution in [3.05, 3.63) is 30.1 Å². The first-order valence-corrected chi connectivity index (χ1v) is 9.02. The molecule has 0 bridgehead atoms. The van der Waals surface area contributed by atoms with Crippen LogP contribution >= 0.6 is 23.5 Å². The largest absolute Gasteiger partial charge is 0.386 e. The monoisotopic (exact) mass is 344 g/mol. The Morgan fingerprint density at radius 3 is 2.55 bits per heavy atom. The second kappa shape index (κ2) is 7.85. The highest BCUT2D eigenvalue weighted by Gasteiger charge is 2.30. The number of rotatable bonds is 3.